The van der Waals surface area contributed by atoms with Gasteiger partial charge in [-0.3, -0.25) is 23.9 Å². The zero-order chi connectivity index (χ0) is 42.2. The molecule has 0 radical (unpaired) electrons. The van der Waals surface area contributed by atoms with Crippen LogP contribution >= 0.6 is 0 Å². The fraction of sp³-hybridized carbons (Fsp3) is 0.643. The van der Waals surface area contributed by atoms with Gasteiger partial charge in [0.15, 0.2) is 17.4 Å². The first kappa shape index (κ1) is 44.4. The number of fused-ring (bicyclic) bond motifs is 5. The van der Waals surface area contributed by atoms with Crippen molar-refractivity contribution in [2.24, 2.45) is 17.3 Å². The van der Waals surface area contributed by atoms with Crippen LogP contribution in [0.15, 0.2) is 24.3 Å². The molecule has 7 rings (SSSR count). The largest absolute Gasteiger partial charge is 0.483 e. The number of hydrogen-bond acceptors (Lipinski definition) is 9. The Morgan fingerprint density at radius 2 is 1.75 bits per heavy atom. The Hall–Kier alpha value is -4.15. The lowest BCUT2D eigenvalue weighted by Gasteiger charge is -2.36. The van der Waals surface area contributed by atoms with Crippen LogP contribution in [0.5, 0.6) is 5.75 Å². The predicted molar refractivity (Wildman–Crippen MR) is 206 cm³/mol. The first-order chi connectivity index (χ1) is 27.0. The Morgan fingerprint density at radius 3 is 2.42 bits per heavy atom. The van der Waals surface area contributed by atoms with Gasteiger partial charge >= 0.3 is 12.1 Å². The van der Waals surface area contributed by atoms with Crippen LogP contribution in [-0.2, 0) is 40.4 Å². The molecular weight excluding hydrogens is 802 g/mol. The van der Waals surface area contributed by atoms with Gasteiger partial charge in [-0.2, -0.15) is 13.2 Å². The van der Waals surface area contributed by atoms with Crippen LogP contribution in [0.2, 0.25) is 0 Å². The lowest BCUT2D eigenvalue weighted by atomic mass is 9.85. The second-order valence-corrected chi connectivity index (χ2v) is 19.9. The number of carbonyl (C=O) groups excluding carboxylic acids is 4. The highest BCUT2D eigenvalue weighted by atomic mass is 32.2. The number of Topliss-reactive ketones (excluding diaryl/α,β-unsaturated/α-hetero) is 1. The van der Waals surface area contributed by atoms with E-state index in [-0.39, 0.29) is 57.3 Å². The second kappa shape index (κ2) is 15.4. The van der Waals surface area contributed by atoms with Crippen molar-refractivity contribution < 1.29 is 59.0 Å². The van der Waals surface area contributed by atoms with Gasteiger partial charge in [-0.05, 0) is 91.0 Å². The Bertz CT molecular complexity index is 2210. The van der Waals surface area contributed by atoms with Gasteiger partial charge in [0.05, 0.1) is 40.4 Å². The van der Waals surface area contributed by atoms with E-state index in [2.05, 4.69) is 9.71 Å². The number of amides is 2. The minimum absolute atomic E-state index is 0. The molecule has 2 amide bonds. The maximum Gasteiger partial charge on any atom is 0.427 e. The van der Waals surface area contributed by atoms with E-state index in [1.165, 1.54) is 4.90 Å². The van der Waals surface area contributed by atoms with Crippen LogP contribution in [0, 0.1) is 35.8 Å². The summed E-state index contributed by atoms with van der Waals surface area (Å²) in [5.41, 5.74) is -4.33. The van der Waals surface area contributed by atoms with Crippen LogP contribution in [0.4, 0.5) is 22.0 Å². The maximum absolute atomic E-state index is 14.7. The summed E-state index contributed by atoms with van der Waals surface area (Å²) in [5.74, 6) is -6.72. The number of aromatic nitrogens is 1. The summed E-state index contributed by atoms with van der Waals surface area (Å²) < 4.78 is 109. The fourth-order valence-corrected chi connectivity index (χ4v) is 10.1. The van der Waals surface area contributed by atoms with Crippen LogP contribution in [0.25, 0.3) is 10.9 Å². The topological polar surface area (TPSA) is 149 Å². The van der Waals surface area contributed by atoms with Gasteiger partial charge in [-0.15, -0.1) is 0 Å². The number of rotatable bonds is 6. The molecule has 2 aromatic rings. The molecule has 2 aliphatic carbocycles. The van der Waals surface area contributed by atoms with E-state index < -0.39 is 103 Å². The number of aryl methyl sites for hydroxylation is 2. The number of ether oxygens (including phenoxy) is 2. The molecule has 3 fully saturated rings. The summed E-state index contributed by atoms with van der Waals surface area (Å²) in [6.45, 7) is 4.43. The number of allylic oxidation sites excluding steroid dienone is 2. The predicted octanol–water partition coefficient (Wildman–Crippen LogP) is 7.50. The van der Waals surface area contributed by atoms with E-state index in [0.717, 1.165) is 12.1 Å². The molecule has 1 spiro atoms. The van der Waals surface area contributed by atoms with Gasteiger partial charge in [-0.25, -0.2) is 22.2 Å². The minimum atomic E-state index is -4.88. The van der Waals surface area contributed by atoms with E-state index in [1.54, 1.807) is 13.8 Å². The standard InChI is InChI=1S/C41H48F5N3O8S.CH4/c1-23-34-26(27-17-28(42)29(43)18-30(27)47-23)12-13-39(57-34)20-31-32(50)21-40(36(53)48-58(54,55)38(4)14-15-38)19-25(40)11-9-7-5-6-8-10-24(35(52)49(31)22-39)16-33(51)56-37(2,3)41(44,45)46;/h9,11,17-18,24-25,31H,5-8,10,12-16,19-22H2,1-4H3,(H,48,53);1H4/b11-9-;/t24-,25-,31+,39-,40-;/m1./s1. The summed E-state index contributed by atoms with van der Waals surface area (Å²) in [6.07, 6.45) is 1.48. The molecule has 1 saturated heterocycles. The number of nitrogens with one attached hydrogen (secondary N) is 1. The Balaban J connectivity index is 0.00000585. The van der Waals surface area contributed by atoms with E-state index in [1.807, 2.05) is 12.2 Å². The highest BCUT2D eigenvalue weighted by molar-refractivity contribution is 7.91. The summed E-state index contributed by atoms with van der Waals surface area (Å²) in [7, 11) is -4.06. The maximum atomic E-state index is 14.7. The van der Waals surface area contributed by atoms with Crippen molar-refractivity contribution in [3.63, 3.8) is 0 Å². The number of pyridine rings is 1. The molecule has 0 unspecified atom stereocenters. The van der Waals surface area contributed by atoms with E-state index >= 15 is 0 Å². The minimum Gasteiger partial charge on any atom is -0.483 e. The summed E-state index contributed by atoms with van der Waals surface area (Å²) in [6, 6.07) is 0.814. The number of esters is 1. The van der Waals surface area contributed by atoms with Gasteiger partial charge in [0.25, 0.3) is 0 Å². The molecule has 1 aromatic heterocycles. The average molecular weight is 854 g/mol. The highest BCUT2D eigenvalue weighted by Gasteiger charge is 2.63. The molecular formula is C42H52F5N3O8S. The number of sulfonamides is 1. The van der Waals surface area contributed by atoms with Gasteiger partial charge in [0.1, 0.15) is 11.4 Å². The molecule has 0 bridgehead atoms. The fourth-order valence-electron chi connectivity index (χ4n) is 8.74. The zero-order valence-corrected chi connectivity index (χ0v) is 33.7. The first-order valence-electron chi connectivity index (χ1n) is 19.8. The zero-order valence-electron chi connectivity index (χ0n) is 32.9. The molecule has 5 atom stereocenters. The number of carbonyl (C=O) groups is 4. The van der Waals surface area contributed by atoms with Crippen LogP contribution < -0.4 is 9.46 Å². The smallest absolute Gasteiger partial charge is 0.427 e. The van der Waals surface area contributed by atoms with Crippen LogP contribution in [-0.4, -0.2) is 76.6 Å². The quantitative estimate of drug-likeness (QED) is 0.177. The summed E-state index contributed by atoms with van der Waals surface area (Å²) >= 11 is 0. The Labute approximate surface area is 340 Å². The van der Waals surface area contributed by atoms with Crippen molar-refractivity contribution in [3.05, 3.63) is 47.2 Å². The van der Waals surface area contributed by atoms with Gasteiger partial charge in [0.2, 0.25) is 27.4 Å². The number of alkyl halides is 3. The second-order valence-electron chi connectivity index (χ2n) is 17.7. The molecule has 1 aromatic carbocycles. The van der Waals surface area contributed by atoms with Crippen LogP contribution in [0.3, 0.4) is 0 Å². The summed E-state index contributed by atoms with van der Waals surface area (Å²) in [5, 5.41) is 0.338. The monoisotopic (exact) mass is 853 g/mol. The molecule has 2 saturated carbocycles. The van der Waals surface area contributed by atoms with E-state index in [0.29, 0.717) is 69.0 Å². The third kappa shape index (κ3) is 8.33. The highest BCUT2D eigenvalue weighted by Crippen LogP contribution is 2.58. The number of halogens is 5. The average Bonchev–Trinajstić information content (AvgIpc) is 4.02. The molecule has 5 aliphatic rings. The Kier molecular flexibility index (Phi) is 11.6. The van der Waals surface area contributed by atoms with Crippen molar-refractivity contribution in [2.75, 3.05) is 6.54 Å². The van der Waals surface area contributed by atoms with Crippen LogP contribution in [0.1, 0.15) is 117 Å². The molecule has 3 aliphatic heterocycles. The van der Waals surface area contributed by atoms with Gasteiger partial charge in [-0.1, -0.05) is 32.4 Å². The number of ketones is 1. The molecule has 11 nitrogen and oxygen atoms in total. The Morgan fingerprint density at radius 1 is 1.05 bits per heavy atom. The molecule has 324 valence electrons. The molecule has 17 heteroatoms. The molecule has 59 heavy (non-hydrogen) atoms. The van der Waals surface area contributed by atoms with E-state index in [9.17, 15) is 49.5 Å². The number of nitrogens with zero attached hydrogens (tertiary/aromatic N) is 2. The van der Waals surface area contributed by atoms with Crippen molar-refractivity contribution in [2.45, 2.75) is 147 Å². The molecule has 1 N–H and O–H groups in total. The number of hydrogen-bond donors (Lipinski definition) is 1. The third-order valence-corrected chi connectivity index (χ3v) is 15.1. The van der Waals surface area contributed by atoms with Gasteiger partial charge in [0, 0.05) is 35.8 Å². The lowest BCUT2D eigenvalue weighted by Crippen LogP contribution is -2.48. The van der Waals surface area contributed by atoms with Crippen molar-refractivity contribution >= 4 is 44.5 Å². The lowest BCUT2D eigenvalue weighted by molar-refractivity contribution is -0.257. The number of benzene rings is 1. The first-order valence-corrected chi connectivity index (χ1v) is 21.3. The van der Waals surface area contributed by atoms with Crippen molar-refractivity contribution in [3.8, 4) is 5.75 Å². The van der Waals surface area contributed by atoms with E-state index in [4.69, 9.17) is 9.47 Å². The molecule has 4 heterocycles. The normalized spacial score (nSPS) is 28.8. The third-order valence-electron chi connectivity index (χ3n) is 13.0. The van der Waals surface area contributed by atoms with Gasteiger partial charge < -0.3 is 14.4 Å². The SMILES string of the molecule is C.Cc1nc2cc(F)c(F)cc2c2c1O[C@]1(CC2)C[C@H]2C(=O)C[C@]3(C(=O)NS(=O)(=O)C4(C)CC4)C[C@H]3/C=C\CCCCC[C@H](CC(=O)OC(C)(C)C(F)(F)F)C(=O)N2C1. The summed E-state index contributed by atoms with van der Waals surface area (Å²) in [4.78, 5) is 62.3. The van der Waals surface area contributed by atoms with Crippen molar-refractivity contribution in [1.82, 2.24) is 14.6 Å². The van der Waals surface area contributed by atoms with Crippen molar-refractivity contribution in [1.29, 1.82) is 0 Å².